The second kappa shape index (κ2) is 7.23. The Bertz CT molecular complexity index is 1310. The molecule has 0 radical (unpaired) electrons. The largest absolute Gasteiger partial charge is 0.392 e. The van der Waals surface area contributed by atoms with Crippen molar-refractivity contribution < 1.29 is 5.11 Å². The first-order valence-electron chi connectivity index (χ1n) is 9.70. The number of aryl methyl sites for hydroxylation is 1. The smallest absolute Gasteiger partial charge is 0.137 e. The fourth-order valence-corrected chi connectivity index (χ4v) is 3.59. The Morgan fingerprint density at radius 2 is 1.93 bits per heavy atom. The summed E-state index contributed by atoms with van der Waals surface area (Å²) < 4.78 is 3.62. The highest BCUT2D eigenvalue weighted by Gasteiger charge is 2.15. The lowest BCUT2D eigenvalue weighted by molar-refractivity contribution is 0.282. The molecule has 0 aliphatic rings. The molecular weight excluding hydrogens is 378 g/mol. The Morgan fingerprint density at radius 3 is 2.67 bits per heavy atom. The van der Waals surface area contributed by atoms with E-state index in [-0.39, 0.29) is 12.6 Å². The summed E-state index contributed by atoms with van der Waals surface area (Å²) in [4.78, 5) is 7.77. The Kier molecular flexibility index (Phi) is 4.40. The van der Waals surface area contributed by atoms with Crippen LogP contribution in [0.1, 0.15) is 24.1 Å². The summed E-state index contributed by atoms with van der Waals surface area (Å²) in [5, 5.41) is 23.2. The maximum atomic E-state index is 9.23. The normalized spacial score (nSPS) is 12.5. The van der Waals surface area contributed by atoms with Crippen molar-refractivity contribution in [1.82, 2.24) is 34.7 Å². The minimum atomic E-state index is 0.0216. The minimum Gasteiger partial charge on any atom is -0.392 e. The highest BCUT2D eigenvalue weighted by Crippen LogP contribution is 2.30. The molecule has 2 N–H and O–H groups in total. The van der Waals surface area contributed by atoms with Gasteiger partial charge in [0.1, 0.15) is 11.3 Å². The average molecular weight is 399 g/mol. The molecule has 0 saturated heterocycles. The van der Waals surface area contributed by atoms with Gasteiger partial charge in [-0.05, 0) is 24.1 Å². The SMILES string of the molecule is CC(c1ccc(CO)cc1)n1cc(-c2c[nH]c3ncc(-c4cnn(C)c4)cc23)nn1. The van der Waals surface area contributed by atoms with Crippen molar-refractivity contribution in [1.29, 1.82) is 0 Å². The van der Waals surface area contributed by atoms with E-state index >= 15 is 0 Å². The number of pyridine rings is 1. The average Bonchev–Trinajstić information content (AvgIpc) is 3.52. The number of aliphatic hydroxyl groups excluding tert-OH is 1. The van der Waals surface area contributed by atoms with E-state index in [1.165, 1.54) is 0 Å². The van der Waals surface area contributed by atoms with Gasteiger partial charge in [0.05, 0.1) is 25.0 Å². The van der Waals surface area contributed by atoms with Crippen molar-refractivity contribution >= 4 is 11.0 Å². The van der Waals surface area contributed by atoms with E-state index in [0.717, 1.165) is 44.5 Å². The Morgan fingerprint density at radius 1 is 1.10 bits per heavy atom. The van der Waals surface area contributed by atoms with Gasteiger partial charge in [0.25, 0.3) is 0 Å². The maximum Gasteiger partial charge on any atom is 0.137 e. The number of nitrogens with one attached hydrogen (secondary N) is 1. The van der Waals surface area contributed by atoms with Crippen LogP contribution in [-0.4, -0.2) is 39.8 Å². The molecule has 0 aliphatic heterocycles. The lowest BCUT2D eigenvalue weighted by Crippen LogP contribution is -2.07. The monoisotopic (exact) mass is 399 g/mol. The first-order valence-corrected chi connectivity index (χ1v) is 9.70. The van der Waals surface area contributed by atoms with Gasteiger partial charge >= 0.3 is 0 Å². The van der Waals surface area contributed by atoms with Crippen LogP contribution in [0.15, 0.2) is 61.3 Å². The zero-order chi connectivity index (χ0) is 20.7. The molecule has 1 unspecified atom stereocenters. The molecule has 0 aliphatic carbocycles. The number of fused-ring (bicyclic) bond motifs is 1. The lowest BCUT2D eigenvalue weighted by atomic mass is 10.1. The van der Waals surface area contributed by atoms with Crippen molar-refractivity contribution in [3.63, 3.8) is 0 Å². The molecule has 0 saturated carbocycles. The molecule has 0 spiro atoms. The quantitative estimate of drug-likeness (QED) is 0.472. The van der Waals surface area contributed by atoms with E-state index in [9.17, 15) is 5.11 Å². The van der Waals surface area contributed by atoms with E-state index in [1.54, 1.807) is 4.68 Å². The van der Waals surface area contributed by atoms with E-state index in [4.69, 9.17) is 0 Å². The van der Waals surface area contributed by atoms with Gasteiger partial charge in [-0.3, -0.25) is 4.68 Å². The molecule has 1 atom stereocenters. The van der Waals surface area contributed by atoms with Crippen molar-refractivity contribution in [3.8, 4) is 22.4 Å². The highest BCUT2D eigenvalue weighted by atomic mass is 16.3. The number of nitrogens with zero attached hydrogens (tertiary/aromatic N) is 6. The summed E-state index contributed by atoms with van der Waals surface area (Å²) in [6, 6.07) is 9.99. The number of benzene rings is 1. The zero-order valence-corrected chi connectivity index (χ0v) is 16.7. The van der Waals surface area contributed by atoms with E-state index in [0.29, 0.717) is 0 Å². The molecule has 150 valence electrons. The molecule has 0 fully saturated rings. The summed E-state index contributed by atoms with van der Waals surface area (Å²) in [5.74, 6) is 0. The molecule has 30 heavy (non-hydrogen) atoms. The van der Waals surface area contributed by atoms with Crippen LogP contribution < -0.4 is 0 Å². The van der Waals surface area contributed by atoms with Crippen LogP contribution >= 0.6 is 0 Å². The van der Waals surface area contributed by atoms with Crippen LogP contribution in [0.25, 0.3) is 33.4 Å². The van der Waals surface area contributed by atoms with Crippen LogP contribution in [0.4, 0.5) is 0 Å². The van der Waals surface area contributed by atoms with Crippen LogP contribution in [0, 0.1) is 0 Å². The van der Waals surface area contributed by atoms with Crippen molar-refractivity contribution in [2.45, 2.75) is 19.6 Å². The first kappa shape index (κ1) is 18.3. The third kappa shape index (κ3) is 3.17. The number of aliphatic hydroxyl groups is 1. The van der Waals surface area contributed by atoms with E-state index in [1.807, 2.05) is 67.0 Å². The van der Waals surface area contributed by atoms with Gasteiger partial charge in [0.15, 0.2) is 0 Å². The van der Waals surface area contributed by atoms with Gasteiger partial charge in [0.2, 0.25) is 0 Å². The Hall–Kier alpha value is -3.78. The fourth-order valence-electron chi connectivity index (χ4n) is 3.59. The van der Waals surface area contributed by atoms with Crippen LogP contribution in [0.5, 0.6) is 0 Å². The molecule has 0 amide bonds. The molecule has 8 nitrogen and oxygen atoms in total. The Balaban J connectivity index is 1.49. The first-order chi connectivity index (χ1) is 14.6. The van der Waals surface area contributed by atoms with Gasteiger partial charge in [-0.1, -0.05) is 29.5 Å². The van der Waals surface area contributed by atoms with Gasteiger partial charge in [-0.15, -0.1) is 5.10 Å². The number of rotatable bonds is 5. The second-order valence-electron chi connectivity index (χ2n) is 7.38. The van der Waals surface area contributed by atoms with Crippen molar-refractivity contribution in [2.75, 3.05) is 0 Å². The predicted molar refractivity (Wildman–Crippen MR) is 113 cm³/mol. The number of aromatic nitrogens is 7. The summed E-state index contributed by atoms with van der Waals surface area (Å²) in [5.41, 5.74) is 6.55. The number of aromatic amines is 1. The van der Waals surface area contributed by atoms with Crippen molar-refractivity contribution in [2.24, 2.45) is 7.05 Å². The molecule has 8 heteroatoms. The van der Waals surface area contributed by atoms with Crippen LogP contribution in [-0.2, 0) is 13.7 Å². The maximum absolute atomic E-state index is 9.23. The summed E-state index contributed by atoms with van der Waals surface area (Å²) in [7, 11) is 1.90. The van der Waals surface area contributed by atoms with Gasteiger partial charge in [-0.2, -0.15) is 5.10 Å². The molecular formula is C22H21N7O. The summed E-state index contributed by atoms with van der Waals surface area (Å²) in [6.07, 6.45) is 9.50. The number of hydrogen-bond donors (Lipinski definition) is 2. The second-order valence-corrected chi connectivity index (χ2v) is 7.38. The molecule has 5 aromatic rings. The molecule has 5 rings (SSSR count). The highest BCUT2D eigenvalue weighted by molar-refractivity contribution is 5.94. The molecule has 1 aromatic carbocycles. The minimum absolute atomic E-state index is 0.0216. The van der Waals surface area contributed by atoms with E-state index < -0.39 is 0 Å². The lowest BCUT2D eigenvalue weighted by Gasteiger charge is -2.11. The van der Waals surface area contributed by atoms with Gasteiger partial charge in [0, 0.05) is 47.7 Å². The summed E-state index contributed by atoms with van der Waals surface area (Å²) in [6.45, 7) is 2.11. The third-order valence-corrected chi connectivity index (χ3v) is 5.40. The zero-order valence-electron chi connectivity index (χ0n) is 16.7. The number of hydrogen-bond acceptors (Lipinski definition) is 5. The third-order valence-electron chi connectivity index (χ3n) is 5.40. The van der Waals surface area contributed by atoms with E-state index in [2.05, 4.69) is 38.4 Å². The van der Waals surface area contributed by atoms with Crippen LogP contribution in [0.3, 0.4) is 0 Å². The molecule has 4 aromatic heterocycles. The molecule has 0 bridgehead atoms. The molecule has 4 heterocycles. The number of H-pyrrole nitrogens is 1. The Labute approximate surface area is 172 Å². The predicted octanol–water partition coefficient (Wildman–Crippen LogP) is 3.32. The van der Waals surface area contributed by atoms with Gasteiger partial charge in [-0.25, -0.2) is 9.67 Å². The standard InChI is InChI=1S/C22H21N7O/c1-14(16-5-3-15(13-30)4-6-16)29-12-21(26-27-29)20-10-24-22-19(20)7-17(8-23-22)18-9-25-28(2)11-18/h3-12,14,30H,13H2,1-2H3,(H,23,24). The van der Waals surface area contributed by atoms with Gasteiger partial charge < -0.3 is 10.1 Å². The van der Waals surface area contributed by atoms with Crippen LogP contribution in [0.2, 0.25) is 0 Å². The fraction of sp³-hybridized carbons (Fsp3) is 0.182. The summed E-state index contributed by atoms with van der Waals surface area (Å²) >= 11 is 0. The van der Waals surface area contributed by atoms with Crippen molar-refractivity contribution in [3.05, 3.63) is 72.4 Å². The topological polar surface area (TPSA) is 97.4 Å².